The predicted octanol–water partition coefficient (Wildman–Crippen LogP) is 1.64. The molecule has 2 rings (SSSR count). The van der Waals surface area contributed by atoms with E-state index in [1.165, 1.54) is 22.9 Å². The van der Waals surface area contributed by atoms with Crippen LogP contribution in [0, 0.1) is 5.92 Å². The highest BCUT2D eigenvalue weighted by molar-refractivity contribution is 7.99. The van der Waals surface area contributed by atoms with Crippen LogP contribution in [0.1, 0.15) is 46.4 Å². The fraction of sp³-hybridized carbons (Fsp3) is 0.786. The Labute approximate surface area is 130 Å². The number of carbonyl (C=O) groups excluding carboxylic acids is 1. The molecular formula is C14H25N5OS. The van der Waals surface area contributed by atoms with Crippen molar-refractivity contribution >= 4 is 17.7 Å². The summed E-state index contributed by atoms with van der Waals surface area (Å²) >= 11 is 1.36. The van der Waals surface area contributed by atoms with E-state index >= 15 is 0 Å². The average molecular weight is 311 g/mol. The number of amides is 1. The van der Waals surface area contributed by atoms with Crippen molar-refractivity contribution in [1.82, 2.24) is 19.8 Å². The van der Waals surface area contributed by atoms with E-state index in [1.54, 1.807) is 0 Å². The number of carbonyl (C=O) groups is 1. The molecule has 1 fully saturated rings. The fourth-order valence-electron chi connectivity index (χ4n) is 2.52. The van der Waals surface area contributed by atoms with Crippen LogP contribution < -0.4 is 5.84 Å². The fourth-order valence-corrected chi connectivity index (χ4v) is 3.28. The number of thioether (sulfide) groups is 1. The molecule has 1 aromatic rings. The number of nitrogens with zero attached hydrogens (tertiary/aromatic N) is 4. The van der Waals surface area contributed by atoms with Crippen LogP contribution in [0.15, 0.2) is 5.16 Å². The van der Waals surface area contributed by atoms with Gasteiger partial charge in [0.05, 0.1) is 5.75 Å². The van der Waals surface area contributed by atoms with Crippen LogP contribution in [0.5, 0.6) is 0 Å². The topological polar surface area (TPSA) is 77.0 Å². The molecule has 0 spiro atoms. The lowest BCUT2D eigenvalue weighted by atomic mass is 9.96. The van der Waals surface area contributed by atoms with Gasteiger partial charge < -0.3 is 10.7 Å². The molecule has 1 aromatic heterocycles. The van der Waals surface area contributed by atoms with Crippen LogP contribution in [-0.4, -0.2) is 44.5 Å². The van der Waals surface area contributed by atoms with E-state index in [0.717, 1.165) is 25.3 Å². The van der Waals surface area contributed by atoms with E-state index in [9.17, 15) is 4.79 Å². The molecule has 2 heterocycles. The third kappa shape index (κ3) is 3.90. The van der Waals surface area contributed by atoms with Gasteiger partial charge in [-0.2, -0.15) is 0 Å². The van der Waals surface area contributed by atoms with Crippen molar-refractivity contribution in [1.29, 1.82) is 0 Å². The first-order valence-electron chi connectivity index (χ1n) is 7.40. The molecule has 1 aliphatic rings. The van der Waals surface area contributed by atoms with Crippen molar-refractivity contribution in [2.24, 2.45) is 5.92 Å². The van der Waals surface area contributed by atoms with E-state index in [2.05, 4.69) is 17.1 Å². The molecule has 0 radical (unpaired) electrons. The van der Waals surface area contributed by atoms with Crippen molar-refractivity contribution in [2.75, 3.05) is 24.7 Å². The van der Waals surface area contributed by atoms with Crippen LogP contribution in [0.25, 0.3) is 0 Å². The monoisotopic (exact) mass is 311 g/mol. The van der Waals surface area contributed by atoms with E-state index in [0.29, 0.717) is 16.8 Å². The summed E-state index contributed by atoms with van der Waals surface area (Å²) in [6.45, 7) is 10.0. The van der Waals surface area contributed by atoms with Crippen LogP contribution in [0.4, 0.5) is 0 Å². The third-order valence-corrected chi connectivity index (χ3v) is 4.60. The van der Waals surface area contributed by atoms with E-state index in [4.69, 9.17) is 5.84 Å². The smallest absolute Gasteiger partial charge is 0.233 e. The standard InChI is InChI=1S/C14H25N5OS/c1-10-6-5-7-18(8-10)11(20)9-21-13-17-16-12(19(13)15)14(2,3)4/h10H,5-9,15H2,1-4H3. The van der Waals surface area contributed by atoms with Crippen LogP contribution in [0.3, 0.4) is 0 Å². The normalized spacial score (nSPS) is 19.8. The van der Waals surface area contributed by atoms with Crippen LogP contribution >= 0.6 is 11.8 Å². The molecule has 2 N–H and O–H groups in total. The second-order valence-corrected chi connectivity index (χ2v) is 7.74. The highest BCUT2D eigenvalue weighted by Gasteiger charge is 2.25. The predicted molar refractivity (Wildman–Crippen MR) is 84.6 cm³/mol. The number of nitrogens with two attached hydrogens (primary N) is 1. The summed E-state index contributed by atoms with van der Waals surface area (Å²) in [4.78, 5) is 14.2. The second-order valence-electron chi connectivity index (χ2n) is 6.80. The Balaban J connectivity index is 1.94. The maximum absolute atomic E-state index is 12.2. The Morgan fingerprint density at radius 1 is 1.43 bits per heavy atom. The Hall–Kier alpha value is -1.24. The number of nitrogen functional groups attached to an aromatic ring is 1. The van der Waals surface area contributed by atoms with Crippen molar-refractivity contribution in [3.63, 3.8) is 0 Å². The molecule has 0 bridgehead atoms. The first-order chi connectivity index (χ1) is 9.79. The zero-order valence-electron chi connectivity index (χ0n) is 13.3. The van der Waals surface area contributed by atoms with E-state index in [-0.39, 0.29) is 11.3 Å². The van der Waals surface area contributed by atoms with Gasteiger partial charge in [-0.1, -0.05) is 39.5 Å². The molecule has 0 aromatic carbocycles. The van der Waals surface area contributed by atoms with Gasteiger partial charge in [0, 0.05) is 18.5 Å². The van der Waals surface area contributed by atoms with Gasteiger partial charge in [-0.25, -0.2) is 4.68 Å². The molecule has 1 atom stereocenters. The lowest BCUT2D eigenvalue weighted by Crippen LogP contribution is -2.40. The highest BCUT2D eigenvalue weighted by atomic mass is 32.2. The van der Waals surface area contributed by atoms with Crippen molar-refractivity contribution < 1.29 is 4.79 Å². The number of rotatable bonds is 3. The minimum atomic E-state index is -0.160. The molecule has 1 unspecified atom stereocenters. The summed E-state index contributed by atoms with van der Waals surface area (Å²) in [6, 6.07) is 0. The molecule has 6 nitrogen and oxygen atoms in total. The maximum Gasteiger partial charge on any atom is 0.233 e. The Morgan fingerprint density at radius 3 is 2.71 bits per heavy atom. The van der Waals surface area contributed by atoms with Gasteiger partial charge in [0.2, 0.25) is 11.1 Å². The molecular weight excluding hydrogens is 286 g/mol. The summed E-state index contributed by atoms with van der Waals surface area (Å²) in [5.74, 6) is 7.87. The third-order valence-electron chi connectivity index (χ3n) is 3.67. The quantitative estimate of drug-likeness (QED) is 0.678. The minimum Gasteiger partial charge on any atom is -0.342 e. The molecule has 1 aliphatic heterocycles. The largest absolute Gasteiger partial charge is 0.342 e. The molecule has 118 valence electrons. The van der Waals surface area contributed by atoms with Gasteiger partial charge in [0.1, 0.15) is 0 Å². The zero-order valence-corrected chi connectivity index (χ0v) is 14.1. The van der Waals surface area contributed by atoms with Crippen LogP contribution in [0.2, 0.25) is 0 Å². The number of likely N-dealkylation sites (tertiary alicyclic amines) is 1. The second kappa shape index (κ2) is 6.25. The first-order valence-corrected chi connectivity index (χ1v) is 8.39. The van der Waals surface area contributed by atoms with Crippen molar-refractivity contribution in [3.8, 4) is 0 Å². The average Bonchev–Trinajstić information content (AvgIpc) is 2.77. The summed E-state index contributed by atoms with van der Waals surface area (Å²) in [5, 5.41) is 8.82. The van der Waals surface area contributed by atoms with Crippen LogP contribution in [-0.2, 0) is 10.2 Å². The van der Waals surface area contributed by atoms with Gasteiger partial charge >= 0.3 is 0 Å². The van der Waals surface area contributed by atoms with Gasteiger partial charge in [-0.3, -0.25) is 4.79 Å². The maximum atomic E-state index is 12.2. The summed E-state index contributed by atoms with van der Waals surface area (Å²) < 4.78 is 1.50. The van der Waals surface area contributed by atoms with Gasteiger partial charge in [0.25, 0.3) is 0 Å². The van der Waals surface area contributed by atoms with Crippen molar-refractivity contribution in [3.05, 3.63) is 5.82 Å². The minimum absolute atomic E-state index is 0.159. The molecule has 1 amide bonds. The summed E-state index contributed by atoms with van der Waals surface area (Å²) in [7, 11) is 0. The van der Waals surface area contributed by atoms with Gasteiger partial charge in [-0.05, 0) is 18.8 Å². The van der Waals surface area contributed by atoms with E-state index < -0.39 is 0 Å². The Bertz CT molecular complexity index is 508. The Kier molecular flexibility index (Phi) is 4.81. The number of hydrogen-bond donors (Lipinski definition) is 1. The SMILES string of the molecule is CC1CCCN(C(=O)CSc2nnc(C(C)(C)C)n2N)C1. The Morgan fingerprint density at radius 2 is 2.14 bits per heavy atom. The molecule has 0 saturated carbocycles. The van der Waals surface area contributed by atoms with Gasteiger partial charge in [0.15, 0.2) is 5.82 Å². The summed E-state index contributed by atoms with van der Waals surface area (Å²) in [5.41, 5.74) is -0.160. The number of aromatic nitrogens is 3. The molecule has 0 aliphatic carbocycles. The number of piperidine rings is 1. The lowest BCUT2D eigenvalue weighted by molar-refractivity contribution is -0.130. The molecule has 21 heavy (non-hydrogen) atoms. The first kappa shape index (κ1) is 16.1. The summed E-state index contributed by atoms with van der Waals surface area (Å²) in [6.07, 6.45) is 2.31. The van der Waals surface area contributed by atoms with Crippen molar-refractivity contribution in [2.45, 2.75) is 51.1 Å². The van der Waals surface area contributed by atoms with E-state index in [1.807, 2.05) is 25.7 Å². The molecule has 7 heteroatoms. The molecule has 1 saturated heterocycles. The lowest BCUT2D eigenvalue weighted by Gasteiger charge is -2.30. The number of hydrogen-bond acceptors (Lipinski definition) is 5. The highest BCUT2D eigenvalue weighted by Crippen LogP contribution is 2.24. The van der Waals surface area contributed by atoms with Gasteiger partial charge in [-0.15, -0.1) is 10.2 Å². The zero-order chi connectivity index (χ0) is 15.6.